The number of piperidine rings is 1. The molecule has 0 bridgehead atoms. The number of hydrogen-bond acceptors (Lipinski definition) is 5. The van der Waals surface area contributed by atoms with Crippen LogP contribution in [0.4, 0.5) is 8.78 Å². The molecule has 3 unspecified atom stereocenters. The summed E-state index contributed by atoms with van der Waals surface area (Å²) in [5, 5.41) is 10.0. The Hall–Kier alpha value is -2.40. The highest BCUT2D eigenvalue weighted by Gasteiger charge is 2.63. The van der Waals surface area contributed by atoms with Crippen LogP contribution < -0.4 is 0 Å². The minimum absolute atomic E-state index is 0.0647. The van der Waals surface area contributed by atoms with Crippen LogP contribution in [0.25, 0.3) is 0 Å². The summed E-state index contributed by atoms with van der Waals surface area (Å²) in [5.74, 6) is -3.03. The van der Waals surface area contributed by atoms with Gasteiger partial charge in [0.25, 0.3) is 5.91 Å². The Morgan fingerprint density at radius 2 is 1.66 bits per heavy atom. The van der Waals surface area contributed by atoms with E-state index in [1.807, 2.05) is 0 Å². The fourth-order valence-corrected chi connectivity index (χ4v) is 8.18. The van der Waals surface area contributed by atoms with Crippen LogP contribution in [-0.2, 0) is 19.6 Å². The van der Waals surface area contributed by atoms with Crippen molar-refractivity contribution in [2.75, 3.05) is 13.2 Å². The minimum atomic E-state index is -4.28. The van der Waals surface area contributed by atoms with Crippen LogP contribution in [0.5, 0.6) is 0 Å². The number of carbonyl (C=O) groups is 2. The molecule has 5 rings (SSSR count). The maximum absolute atomic E-state index is 14.2. The van der Waals surface area contributed by atoms with Crippen LogP contribution in [0.3, 0.4) is 0 Å². The second-order valence-electron chi connectivity index (χ2n) is 10.4. The third-order valence-electron chi connectivity index (χ3n) is 8.15. The van der Waals surface area contributed by atoms with E-state index in [9.17, 15) is 31.9 Å². The molecule has 7 nitrogen and oxygen atoms in total. The van der Waals surface area contributed by atoms with Crippen LogP contribution in [0.15, 0.2) is 47.4 Å². The van der Waals surface area contributed by atoms with E-state index >= 15 is 0 Å². The van der Waals surface area contributed by atoms with Crippen molar-refractivity contribution in [1.82, 2.24) is 9.21 Å². The van der Waals surface area contributed by atoms with E-state index in [1.54, 1.807) is 0 Å². The summed E-state index contributed by atoms with van der Waals surface area (Å²) in [6, 6.07) is 6.29. The van der Waals surface area contributed by atoms with Crippen molar-refractivity contribution in [3.8, 4) is 0 Å². The summed E-state index contributed by atoms with van der Waals surface area (Å²) in [4.78, 5) is 28.4. The molecule has 2 aromatic carbocycles. The van der Waals surface area contributed by atoms with Crippen molar-refractivity contribution < 1.29 is 31.9 Å². The van der Waals surface area contributed by atoms with Gasteiger partial charge >= 0.3 is 0 Å². The van der Waals surface area contributed by atoms with E-state index < -0.39 is 56.9 Å². The first kappa shape index (κ1) is 27.2. The molecule has 0 spiro atoms. The number of nitrogens with zero attached hydrogens (tertiary/aromatic N) is 2. The zero-order valence-corrected chi connectivity index (χ0v) is 22.2. The predicted octanol–water partition coefficient (Wildman–Crippen LogP) is 4.24. The van der Waals surface area contributed by atoms with Gasteiger partial charge in [-0.25, -0.2) is 17.2 Å². The molecule has 11 heteroatoms. The molecule has 38 heavy (non-hydrogen) atoms. The summed E-state index contributed by atoms with van der Waals surface area (Å²) < 4.78 is 58.0. The quantitative estimate of drug-likeness (QED) is 0.506. The number of Topliss-reactive ketones (excluding diaryl/α,β-unsaturated/α-hetero) is 1. The number of carbonyl (C=O) groups excluding carboxylic acids is 2. The molecule has 0 aromatic heterocycles. The van der Waals surface area contributed by atoms with E-state index in [-0.39, 0.29) is 17.1 Å². The van der Waals surface area contributed by atoms with Gasteiger partial charge in [0.05, 0.1) is 29.0 Å². The summed E-state index contributed by atoms with van der Waals surface area (Å²) >= 11 is 5.98. The van der Waals surface area contributed by atoms with E-state index in [4.69, 9.17) is 11.6 Å². The van der Waals surface area contributed by atoms with Crippen LogP contribution in [0.1, 0.15) is 56.6 Å². The number of sulfonamides is 1. The highest BCUT2D eigenvalue weighted by atomic mass is 35.5. The average Bonchev–Trinajstić information content (AvgIpc) is 3.56. The largest absolute Gasteiger partial charge is 0.394 e. The van der Waals surface area contributed by atoms with Crippen molar-refractivity contribution >= 4 is 33.3 Å². The number of aliphatic hydroxyl groups excluding tert-OH is 1. The van der Waals surface area contributed by atoms with Gasteiger partial charge in [-0.05, 0) is 86.9 Å². The van der Waals surface area contributed by atoms with Crippen molar-refractivity contribution in [3.63, 3.8) is 0 Å². The Morgan fingerprint density at radius 3 is 2.26 bits per heavy atom. The molecule has 1 aliphatic carbocycles. The average molecular weight is 567 g/mol. The van der Waals surface area contributed by atoms with E-state index in [0.717, 1.165) is 18.2 Å². The standard InChI is InChI=1S/C27H29ClF2N2O5S/c28-18-6-8-22(9-7-18)38(36,37)32-23(17-13-19(29)15-20(30)14-17)4-1-5-24(32)27(10-11-27)25(34)26(35)31-12-2-3-21(31)16-33/h6-9,13-15,21,23-24,33H,1-5,10-12,16H2. The lowest BCUT2D eigenvalue weighted by atomic mass is 9.82. The van der Waals surface area contributed by atoms with Gasteiger partial charge in [-0.3, -0.25) is 9.59 Å². The van der Waals surface area contributed by atoms with Gasteiger partial charge in [-0.1, -0.05) is 11.6 Å². The molecule has 2 aromatic rings. The molecular weight excluding hydrogens is 538 g/mol. The Kier molecular flexibility index (Phi) is 7.36. The van der Waals surface area contributed by atoms with Gasteiger partial charge < -0.3 is 10.0 Å². The van der Waals surface area contributed by atoms with E-state index in [2.05, 4.69) is 0 Å². The van der Waals surface area contributed by atoms with Crippen LogP contribution in [0.2, 0.25) is 5.02 Å². The number of ketones is 1. The maximum atomic E-state index is 14.2. The monoisotopic (exact) mass is 566 g/mol. The fraction of sp³-hybridized carbons (Fsp3) is 0.481. The van der Waals surface area contributed by atoms with Gasteiger partial charge in [0.1, 0.15) is 11.6 Å². The number of aliphatic hydroxyl groups is 1. The molecule has 1 amide bonds. The molecule has 2 aliphatic heterocycles. The number of benzene rings is 2. The number of hydrogen-bond donors (Lipinski definition) is 1. The van der Waals surface area contributed by atoms with Crippen LogP contribution >= 0.6 is 11.6 Å². The molecule has 204 valence electrons. The molecule has 2 heterocycles. The Morgan fingerprint density at radius 1 is 1.00 bits per heavy atom. The van der Waals surface area contributed by atoms with Gasteiger partial charge in [-0.15, -0.1) is 0 Å². The molecule has 1 saturated carbocycles. The van der Waals surface area contributed by atoms with E-state index in [0.29, 0.717) is 56.5 Å². The molecular formula is C27H29ClF2N2O5S. The fourth-order valence-electron chi connectivity index (χ4n) is 6.12. The predicted molar refractivity (Wildman–Crippen MR) is 136 cm³/mol. The van der Waals surface area contributed by atoms with Crippen molar-refractivity contribution in [3.05, 3.63) is 64.7 Å². The smallest absolute Gasteiger partial charge is 0.290 e. The summed E-state index contributed by atoms with van der Waals surface area (Å²) in [5.41, 5.74) is -1.08. The van der Waals surface area contributed by atoms with Crippen molar-refractivity contribution in [1.29, 1.82) is 0 Å². The lowest BCUT2D eigenvalue weighted by Gasteiger charge is -2.44. The minimum Gasteiger partial charge on any atom is -0.394 e. The topological polar surface area (TPSA) is 95.0 Å². The van der Waals surface area contributed by atoms with Gasteiger partial charge in [0.2, 0.25) is 15.8 Å². The third-order valence-corrected chi connectivity index (χ3v) is 10.3. The number of rotatable bonds is 7. The zero-order valence-electron chi connectivity index (χ0n) is 20.7. The highest BCUT2D eigenvalue weighted by molar-refractivity contribution is 7.89. The van der Waals surface area contributed by atoms with Crippen molar-refractivity contribution in [2.24, 2.45) is 5.41 Å². The summed E-state index contributed by atoms with van der Waals surface area (Å²) in [6.07, 6.45) is 3.05. The second kappa shape index (κ2) is 10.3. The Bertz CT molecular complexity index is 1330. The Labute approximate surface area is 225 Å². The van der Waals surface area contributed by atoms with Crippen molar-refractivity contribution in [2.45, 2.75) is 68.0 Å². The number of halogens is 3. The second-order valence-corrected chi connectivity index (χ2v) is 12.7. The lowest BCUT2D eigenvalue weighted by Crippen LogP contribution is -2.55. The first-order valence-electron chi connectivity index (χ1n) is 12.8. The summed E-state index contributed by atoms with van der Waals surface area (Å²) in [7, 11) is -4.28. The molecule has 3 atom stereocenters. The first-order chi connectivity index (χ1) is 18.1. The Balaban J connectivity index is 1.58. The third kappa shape index (κ3) is 4.76. The van der Waals surface area contributed by atoms with E-state index in [1.165, 1.54) is 33.5 Å². The van der Waals surface area contributed by atoms with Gasteiger partial charge in [0, 0.05) is 23.7 Å². The number of likely N-dealkylation sites (tertiary alicyclic amines) is 1. The first-order valence-corrected chi connectivity index (χ1v) is 14.6. The van der Waals surface area contributed by atoms with Crippen LogP contribution in [-0.4, -0.2) is 59.7 Å². The molecule has 3 aliphatic rings. The SMILES string of the molecule is O=C(C(=O)C1(C2CCCC(c3cc(F)cc(F)c3)N2S(=O)(=O)c2ccc(Cl)cc2)CC1)N1CCCC1CO. The molecule has 1 N–H and O–H groups in total. The number of amides is 1. The molecule has 2 saturated heterocycles. The normalized spacial score (nSPS) is 25.4. The zero-order chi connectivity index (χ0) is 27.2. The van der Waals surface area contributed by atoms with Gasteiger partial charge in [-0.2, -0.15) is 4.31 Å². The summed E-state index contributed by atoms with van der Waals surface area (Å²) in [6.45, 7) is 0.105. The lowest BCUT2D eigenvalue weighted by molar-refractivity contribution is -0.150. The van der Waals surface area contributed by atoms with Gasteiger partial charge in [0.15, 0.2) is 0 Å². The highest BCUT2D eigenvalue weighted by Crippen LogP contribution is 2.57. The van der Waals surface area contributed by atoms with Crippen LogP contribution in [0, 0.1) is 17.0 Å². The maximum Gasteiger partial charge on any atom is 0.290 e. The molecule has 0 radical (unpaired) electrons. The molecule has 3 fully saturated rings.